The zero-order valence-corrected chi connectivity index (χ0v) is 13.1. The normalized spacial score (nSPS) is 11.7. The van der Waals surface area contributed by atoms with Crippen molar-refractivity contribution >= 4 is 11.9 Å². The van der Waals surface area contributed by atoms with E-state index < -0.39 is 11.5 Å². The molecule has 118 valence electrons. The van der Waals surface area contributed by atoms with Crippen molar-refractivity contribution in [2.75, 3.05) is 0 Å². The zero-order chi connectivity index (χ0) is 16.0. The van der Waals surface area contributed by atoms with Gasteiger partial charge in [0.2, 0.25) is 5.76 Å². The van der Waals surface area contributed by atoms with Gasteiger partial charge in [0, 0.05) is 23.9 Å². The highest BCUT2D eigenvalue weighted by Crippen LogP contribution is 2.22. The summed E-state index contributed by atoms with van der Waals surface area (Å²) in [6.45, 7) is 7.70. The molecule has 0 fully saturated rings. The molecule has 0 spiro atoms. The molecule has 0 aliphatic rings. The first-order valence-corrected chi connectivity index (χ1v) is 7.30. The Labute approximate surface area is 124 Å². The Morgan fingerprint density at radius 2 is 2.00 bits per heavy atom. The van der Waals surface area contributed by atoms with Crippen LogP contribution in [0.15, 0.2) is 10.6 Å². The van der Waals surface area contributed by atoms with E-state index in [2.05, 4.69) is 24.3 Å². The molecule has 0 radical (unpaired) electrons. The SMILES string of the molecule is CCC(CC)c1cc(C(=O)NC(C)(C)CCC(=O)O)on1. The van der Waals surface area contributed by atoms with Crippen LogP contribution in [0.25, 0.3) is 0 Å². The maximum absolute atomic E-state index is 12.1. The third-order valence-corrected chi connectivity index (χ3v) is 3.57. The Morgan fingerprint density at radius 1 is 1.38 bits per heavy atom. The monoisotopic (exact) mass is 296 g/mol. The molecule has 0 bridgehead atoms. The fourth-order valence-electron chi connectivity index (χ4n) is 2.15. The van der Waals surface area contributed by atoms with Gasteiger partial charge in [0.15, 0.2) is 0 Å². The summed E-state index contributed by atoms with van der Waals surface area (Å²) >= 11 is 0. The molecule has 0 aliphatic carbocycles. The third-order valence-electron chi connectivity index (χ3n) is 3.57. The van der Waals surface area contributed by atoms with Gasteiger partial charge in [0.25, 0.3) is 5.91 Å². The van der Waals surface area contributed by atoms with E-state index in [1.54, 1.807) is 19.9 Å². The summed E-state index contributed by atoms with van der Waals surface area (Å²) in [4.78, 5) is 22.7. The van der Waals surface area contributed by atoms with Crippen molar-refractivity contribution in [1.82, 2.24) is 10.5 Å². The number of carboxylic acid groups (broad SMARTS) is 1. The molecule has 0 unspecified atom stereocenters. The summed E-state index contributed by atoms with van der Waals surface area (Å²) in [5, 5.41) is 15.4. The highest BCUT2D eigenvalue weighted by atomic mass is 16.5. The smallest absolute Gasteiger partial charge is 0.303 e. The van der Waals surface area contributed by atoms with Gasteiger partial charge < -0.3 is 14.9 Å². The van der Waals surface area contributed by atoms with Gasteiger partial charge in [-0.3, -0.25) is 9.59 Å². The fraction of sp³-hybridized carbons (Fsp3) is 0.667. The van der Waals surface area contributed by atoms with Crippen molar-refractivity contribution in [3.05, 3.63) is 17.5 Å². The van der Waals surface area contributed by atoms with Crippen LogP contribution in [0.3, 0.4) is 0 Å². The minimum Gasteiger partial charge on any atom is -0.481 e. The molecule has 0 aromatic carbocycles. The summed E-state index contributed by atoms with van der Waals surface area (Å²) in [6, 6.07) is 1.67. The summed E-state index contributed by atoms with van der Waals surface area (Å²) in [5.41, 5.74) is 0.172. The molecular formula is C15H24N2O4. The third kappa shape index (κ3) is 5.21. The Kier molecular flexibility index (Phi) is 5.93. The molecule has 0 atom stereocenters. The van der Waals surface area contributed by atoms with Crippen LogP contribution < -0.4 is 5.32 Å². The van der Waals surface area contributed by atoms with Crippen molar-refractivity contribution in [3.63, 3.8) is 0 Å². The predicted octanol–water partition coefficient (Wildman–Crippen LogP) is 2.95. The maximum atomic E-state index is 12.1. The Balaban J connectivity index is 2.69. The van der Waals surface area contributed by atoms with E-state index in [-0.39, 0.29) is 24.0 Å². The van der Waals surface area contributed by atoms with Gasteiger partial charge in [-0.25, -0.2) is 0 Å². The van der Waals surface area contributed by atoms with E-state index in [1.165, 1.54) is 0 Å². The van der Waals surface area contributed by atoms with Crippen LogP contribution in [0.5, 0.6) is 0 Å². The zero-order valence-electron chi connectivity index (χ0n) is 13.1. The Morgan fingerprint density at radius 3 is 2.52 bits per heavy atom. The van der Waals surface area contributed by atoms with Gasteiger partial charge in [-0.15, -0.1) is 0 Å². The Hall–Kier alpha value is -1.85. The van der Waals surface area contributed by atoms with Crippen LogP contribution in [-0.2, 0) is 4.79 Å². The number of aromatic nitrogens is 1. The first-order valence-electron chi connectivity index (χ1n) is 7.30. The molecule has 0 saturated carbocycles. The fourth-order valence-corrected chi connectivity index (χ4v) is 2.15. The van der Waals surface area contributed by atoms with E-state index in [1.807, 2.05) is 0 Å². The number of rotatable bonds is 8. The minimum absolute atomic E-state index is 0.00266. The average Bonchev–Trinajstić information content (AvgIpc) is 2.87. The number of nitrogens with zero attached hydrogens (tertiary/aromatic N) is 1. The molecule has 2 N–H and O–H groups in total. The second-order valence-electron chi connectivity index (χ2n) is 5.86. The topological polar surface area (TPSA) is 92.4 Å². The average molecular weight is 296 g/mol. The predicted molar refractivity (Wildman–Crippen MR) is 78.2 cm³/mol. The standard InChI is InChI=1S/C15H24N2O4/c1-5-10(6-2)11-9-12(21-17-11)14(20)16-15(3,4)8-7-13(18)19/h9-10H,5-8H2,1-4H3,(H,16,20)(H,18,19). The molecule has 1 aromatic heterocycles. The molecule has 6 heteroatoms. The lowest BCUT2D eigenvalue weighted by Gasteiger charge is -2.24. The number of carboxylic acids is 1. The van der Waals surface area contributed by atoms with Crippen LogP contribution in [0.2, 0.25) is 0 Å². The maximum Gasteiger partial charge on any atom is 0.303 e. The van der Waals surface area contributed by atoms with E-state index in [0.717, 1.165) is 18.5 Å². The number of aliphatic carboxylic acids is 1. The van der Waals surface area contributed by atoms with Gasteiger partial charge in [-0.1, -0.05) is 19.0 Å². The van der Waals surface area contributed by atoms with Gasteiger partial charge in [0.05, 0.1) is 5.69 Å². The molecule has 0 aliphatic heterocycles. The van der Waals surface area contributed by atoms with Gasteiger partial charge in [-0.05, 0) is 33.1 Å². The van der Waals surface area contributed by atoms with Crippen LogP contribution in [-0.4, -0.2) is 27.7 Å². The number of nitrogens with one attached hydrogen (secondary N) is 1. The van der Waals surface area contributed by atoms with Crippen LogP contribution >= 0.6 is 0 Å². The molecule has 1 amide bonds. The molecular weight excluding hydrogens is 272 g/mol. The number of carbonyl (C=O) groups is 2. The van der Waals surface area contributed by atoms with Crippen molar-refractivity contribution < 1.29 is 19.2 Å². The summed E-state index contributed by atoms with van der Waals surface area (Å²) in [5.74, 6) is -0.793. The quantitative estimate of drug-likeness (QED) is 0.769. The molecule has 6 nitrogen and oxygen atoms in total. The van der Waals surface area contributed by atoms with Crippen molar-refractivity contribution in [2.24, 2.45) is 0 Å². The van der Waals surface area contributed by atoms with E-state index in [4.69, 9.17) is 9.63 Å². The number of carbonyl (C=O) groups excluding carboxylic acids is 1. The molecule has 1 rings (SSSR count). The largest absolute Gasteiger partial charge is 0.481 e. The van der Waals surface area contributed by atoms with Gasteiger partial charge in [-0.2, -0.15) is 0 Å². The number of hydrogen-bond acceptors (Lipinski definition) is 4. The number of hydrogen-bond donors (Lipinski definition) is 2. The van der Waals surface area contributed by atoms with Gasteiger partial charge in [0.1, 0.15) is 0 Å². The van der Waals surface area contributed by atoms with Crippen LogP contribution in [0.4, 0.5) is 0 Å². The van der Waals surface area contributed by atoms with Crippen LogP contribution in [0.1, 0.15) is 75.5 Å². The molecule has 1 aromatic rings. The van der Waals surface area contributed by atoms with Crippen LogP contribution in [0, 0.1) is 0 Å². The minimum atomic E-state index is -0.881. The first-order chi connectivity index (χ1) is 9.79. The lowest BCUT2D eigenvalue weighted by molar-refractivity contribution is -0.137. The van der Waals surface area contributed by atoms with Crippen molar-refractivity contribution in [1.29, 1.82) is 0 Å². The van der Waals surface area contributed by atoms with E-state index in [0.29, 0.717) is 6.42 Å². The highest BCUT2D eigenvalue weighted by molar-refractivity contribution is 5.92. The summed E-state index contributed by atoms with van der Waals surface area (Å²) < 4.78 is 5.10. The van der Waals surface area contributed by atoms with Gasteiger partial charge >= 0.3 is 5.97 Å². The lowest BCUT2D eigenvalue weighted by Crippen LogP contribution is -2.43. The van der Waals surface area contributed by atoms with E-state index >= 15 is 0 Å². The second-order valence-corrected chi connectivity index (χ2v) is 5.86. The summed E-state index contributed by atoms with van der Waals surface area (Å²) in [7, 11) is 0. The van der Waals surface area contributed by atoms with E-state index in [9.17, 15) is 9.59 Å². The molecule has 0 saturated heterocycles. The van der Waals surface area contributed by atoms with Crippen molar-refractivity contribution in [2.45, 2.75) is 64.8 Å². The van der Waals surface area contributed by atoms with Crippen molar-refractivity contribution in [3.8, 4) is 0 Å². The molecule has 1 heterocycles. The lowest BCUT2D eigenvalue weighted by atomic mass is 9.97. The first kappa shape index (κ1) is 17.2. The number of amides is 1. The second kappa shape index (κ2) is 7.24. The molecule has 21 heavy (non-hydrogen) atoms. The Bertz CT molecular complexity index is 490. The highest BCUT2D eigenvalue weighted by Gasteiger charge is 2.25. The summed E-state index contributed by atoms with van der Waals surface area (Å²) in [6.07, 6.45) is 2.23.